The molecule has 0 aliphatic rings. The fourth-order valence-electron chi connectivity index (χ4n) is 2.51. The molecule has 6 heteroatoms. The number of benzene rings is 1. The van der Waals surface area contributed by atoms with Crippen LogP contribution in [0.5, 0.6) is 0 Å². The van der Waals surface area contributed by atoms with Crippen LogP contribution in [0.1, 0.15) is 44.7 Å². The molecule has 0 aliphatic carbocycles. The molecule has 0 saturated heterocycles. The van der Waals surface area contributed by atoms with E-state index in [1.54, 1.807) is 4.68 Å². The zero-order valence-electron chi connectivity index (χ0n) is 12.4. The number of hydrogen-bond acceptors (Lipinski definition) is 4. The zero-order valence-corrected chi connectivity index (χ0v) is 12.4. The van der Waals surface area contributed by atoms with E-state index >= 15 is 0 Å². The maximum Gasteiger partial charge on any atom is 0.305 e. The Morgan fingerprint density at radius 3 is 2.76 bits per heavy atom. The number of carboxylic acids is 1. The maximum absolute atomic E-state index is 11.1. The molecule has 1 aromatic heterocycles. The summed E-state index contributed by atoms with van der Waals surface area (Å²) in [6, 6.07) is 7.73. The topological polar surface area (TPSA) is 80.9 Å². The number of carboxylic acid groups (broad SMARTS) is 1. The van der Waals surface area contributed by atoms with Crippen molar-refractivity contribution in [1.82, 2.24) is 20.2 Å². The molecule has 1 atom stereocenters. The molecule has 6 nitrogen and oxygen atoms in total. The normalized spacial score (nSPS) is 12.3. The fourth-order valence-corrected chi connectivity index (χ4v) is 2.51. The predicted molar refractivity (Wildman–Crippen MR) is 78.8 cm³/mol. The van der Waals surface area contributed by atoms with Gasteiger partial charge in [-0.1, -0.05) is 44.5 Å². The number of carbonyl (C=O) groups is 1. The lowest BCUT2D eigenvalue weighted by atomic mass is 10.0. The van der Waals surface area contributed by atoms with Gasteiger partial charge in [0.05, 0.1) is 12.5 Å². The Hall–Kier alpha value is -2.24. The number of hydrogen-bond donors (Lipinski definition) is 1. The molecular formula is C15H20N4O2. The molecule has 0 saturated carbocycles. The van der Waals surface area contributed by atoms with Crippen molar-refractivity contribution < 1.29 is 9.90 Å². The van der Waals surface area contributed by atoms with Crippen LogP contribution in [0.3, 0.4) is 0 Å². The Kier molecular flexibility index (Phi) is 5.03. The molecular weight excluding hydrogens is 268 g/mol. The molecule has 2 aromatic rings. The van der Waals surface area contributed by atoms with Crippen LogP contribution in [-0.2, 0) is 11.2 Å². The second-order valence-electron chi connectivity index (χ2n) is 5.00. The molecule has 0 radical (unpaired) electrons. The van der Waals surface area contributed by atoms with Crippen molar-refractivity contribution >= 4 is 5.97 Å². The molecule has 21 heavy (non-hydrogen) atoms. The lowest BCUT2D eigenvalue weighted by Gasteiger charge is -2.16. The van der Waals surface area contributed by atoms with E-state index in [0.717, 1.165) is 30.4 Å². The number of aryl methyl sites for hydroxylation is 1. The molecule has 2 rings (SSSR count). The van der Waals surface area contributed by atoms with Gasteiger partial charge in [-0.2, -0.15) is 0 Å². The quantitative estimate of drug-likeness (QED) is 0.847. The molecule has 0 spiro atoms. The van der Waals surface area contributed by atoms with Crippen LogP contribution in [0.25, 0.3) is 11.4 Å². The number of rotatable bonds is 7. The Balaban J connectivity index is 2.43. The first-order valence-electron chi connectivity index (χ1n) is 7.25. The summed E-state index contributed by atoms with van der Waals surface area (Å²) in [7, 11) is 0. The Bertz CT molecular complexity index is 609. The van der Waals surface area contributed by atoms with Crippen LogP contribution in [0.2, 0.25) is 0 Å². The molecule has 1 unspecified atom stereocenters. The minimum Gasteiger partial charge on any atom is -0.481 e. The Labute approximate surface area is 123 Å². The molecule has 0 fully saturated rings. The molecule has 112 valence electrons. The van der Waals surface area contributed by atoms with Crippen molar-refractivity contribution in [2.45, 2.75) is 45.6 Å². The van der Waals surface area contributed by atoms with E-state index in [0.29, 0.717) is 5.82 Å². The van der Waals surface area contributed by atoms with Gasteiger partial charge in [0, 0.05) is 5.56 Å². The number of tetrazole rings is 1. The molecule has 0 aliphatic heterocycles. The Morgan fingerprint density at radius 1 is 1.33 bits per heavy atom. The summed E-state index contributed by atoms with van der Waals surface area (Å²) in [4.78, 5) is 11.1. The van der Waals surface area contributed by atoms with Crippen molar-refractivity contribution in [3.63, 3.8) is 0 Å². The van der Waals surface area contributed by atoms with Gasteiger partial charge in [0.1, 0.15) is 0 Å². The predicted octanol–water partition coefficient (Wildman–Crippen LogP) is 2.72. The van der Waals surface area contributed by atoms with Gasteiger partial charge in [-0.15, -0.1) is 5.10 Å². The lowest BCUT2D eigenvalue weighted by Crippen LogP contribution is -2.16. The van der Waals surface area contributed by atoms with Crippen molar-refractivity contribution in [2.24, 2.45) is 0 Å². The van der Waals surface area contributed by atoms with Gasteiger partial charge >= 0.3 is 5.97 Å². The standard InChI is InChI=1S/C15H20N4O2/c1-3-7-12(10-14(20)21)19-15(16-17-18-19)13-9-6-5-8-11(13)4-2/h5-6,8-9,12H,3-4,7,10H2,1-2H3,(H,20,21). The molecule has 1 N–H and O–H groups in total. The van der Waals surface area contributed by atoms with Gasteiger partial charge in [-0.05, 0) is 28.8 Å². The minimum atomic E-state index is -0.835. The van der Waals surface area contributed by atoms with Gasteiger partial charge in [0.25, 0.3) is 0 Å². The average Bonchev–Trinajstić information content (AvgIpc) is 2.95. The van der Waals surface area contributed by atoms with Gasteiger partial charge in [-0.25, -0.2) is 4.68 Å². The largest absolute Gasteiger partial charge is 0.481 e. The smallest absolute Gasteiger partial charge is 0.305 e. The van der Waals surface area contributed by atoms with Gasteiger partial charge < -0.3 is 5.11 Å². The van der Waals surface area contributed by atoms with E-state index in [1.165, 1.54) is 0 Å². The highest BCUT2D eigenvalue weighted by Crippen LogP contribution is 2.26. The minimum absolute atomic E-state index is 0.0279. The van der Waals surface area contributed by atoms with Gasteiger partial charge in [0.2, 0.25) is 0 Å². The summed E-state index contributed by atoms with van der Waals surface area (Å²) in [5.41, 5.74) is 2.12. The summed E-state index contributed by atoms with van der Waals surface area (Å²) in [6.07, 6.45) is 2.52. The zero-order chi connectivity index (χ0) is 15.2. The third-order valence-corrected chi connectivity index (χ3v) is 3.51. The van der Waals surface area contributed by atoms with Crippen LogP contribution in [0, 0.1) is 0 Å². The highest BCUT2D eigenvalue weighted by molar-refractivity contribution is 5.67. The van der Waals surface area contributed by atoms with Gasteiger partial charge in [0.15, 0.2) is 5.82 Å². The van der Waals surface area contributed by atoms with Crippen LogP contribution in [0.15, 0.2) is 24.3 Å². The average molecular weight is 288 g/mol. The summed E-state index contributed by atoms with van der Waals surface area (Å²) >= 11 is 0. The van der Waals surface area contributed by atoms with E-state index in [2.05, 4.69) is 22.4 Å². The number of nitrogens with zero attached hydrogens (tertiary/aromatic N) is 4. The van der Waals surface area contributed by atoms with E-state index in [-0.39, 0.29) is 12.5 Å². The first-order valence-corrected chi connectivity index (χ1v) is 7.25. The summed E-state index contributed by atoms with van der Waals surface area (Å²) in [5.74, 6) is -0.189. The second-order valence-corrected chi connectivity index (χ2v) is 5.00. The Morgan fingerprint density at radius 2 is 2.10 bits per heavy atom. The highest BCUT2D eigenvalue weighted by atomic mass is 16.4. The first-order chi connectivity index (χ1) is 10.2. The van der Waals surface area contributed by atoms with Crippen LogP contribution >= 0.6 is 0 Å². The number of aromatic nitrogens is 4. The molecule has 1 aromatic carbocycles. The summed E-state index contributed by atoms with van der Waals surface area (Å²) in [6.45, 7) is 4.10. The SMILES string of the molecule is CCCC(CC(=O)O)n1nnnc1-c1ccccc1CC. The highest BCUT2D eigenvalue weighted by Gasteiger charge is 2.21. The monoisotopic (exact) mass is 288 g/mol. The van der Waals surface area contributed by atoms with Gasteiger partial charge in [-0.3, -0.25) is 4.79 Å². The third kappa shape index (κ3) is 3.45. The van der Waals surface area contributed by atoms with E-state index in [1.807, 2.05) is 31.2 Å². The lowest BCUT2D eigenvalue weighted by molar-refractivity contribution is -0.138. The molecule has 1 heterocycles. The van der Waals surface area contributed by atoms with E-state index in [4.69, 9.17) is 5.11 Å². The van der Waals surface area contributed by atoms with E-state index < -0.39 is 5.97 Å². The first kappa shape index (κ1) is 15.2. The maximum atomic E-state index is 11.1. The summed E-state index contributed by atoms with van der Waals surface area (Å²) in [5, 5.41) is 21.0. The van der Waals surface area contributed by atoms with Crippen molar-refractivity contribution in [3.8, 4) is 11.4 Å². The summed E-state index contributed by atoms with van der Waals surface area (Å²) < 4.78 is 1.66. The van der Waals surface area contributed by atoms with Crippen molar-refractivity contribution in [2.75, 3.05) is 0 Å². The van der Waals surface area contributed by atoms with Crippen LogP contribution < -0.4 is 0 Å². The van der Waals surface area contributed by atoms with Crippen LogP contribution in [0.4, 0.5) is 0 Å². The van der Waals surface area contributed by atoms with E-state index in [9.17, 15) is 4.79 Å². The van der Waals surface area contributed by atoms with Crippen molar-refractivity contribution in [3.05, 3.63) is 29.8 Å². The second kappa shape index (κ2) is 6.97. The molecule has 0 bridgehead atoms. The fraction of sp³-hybridized carbons (Fsp3) is 0.467. The molecule has 0 amide bonds. The number of aliphatic carboxylic acids is 1. The third-order valence-electron chi connectivity index (χ3n) is 3.51. The van der Waals surface area contributed by atoms with Crippen LogP contribution in [-0.4, -0.2) is 31.3 Å². The van der Waals surface area contributed by atoms with Crippen molar-refractivity contribution in [1.29, 1.82) is 0 Å².